The molecule has 0 saturated carbocycles. The van der Waals surface area contributed by atoms with Crippen LogP contribution in [0, 0.1) is 0 Å². The Bertz CT molecular complexity index is 1110. The molecular formula is C23H22N4O. The zero-order valence-electron chi connectivity index (χ0n) is 16.2. The van der Waals surface area contributed by atoms with Gasteiger partial charge < -0.3 is 4.57 Å². The Labute approximate surface area is 164 Å². The van der Waals surface area contributed by atoms with Gasteiger partial charge in [0.25, 0.3) is 0 Å². The standard InChI is InChI=1S/C23H22N4O/c1-23(2,3)27-14-21(20-13-24-15-25-22(20)27)17-9-11-19(12-10-17)26(16-28)18-7-5-4-6-8-18/h4-16H,1-3H3. The molecule has 0 aliphatic heterocycles. The normalized spacial score (nSPS) is 11.5. The van der Waals surface area contributed by atoms with E-state index in [0.29, 0.717) is 0 Å². The third kappa shape index (κ3) is 3.16. The Balaban J connectivity index is 1.77. The number of aromatic nitrogens is 3. The predicted molar refractivity (Wildman–Crippen MR) is 113 cm³/mol. The highest BCUT2D eigenvalue weighted by atomic mass is 16.1. The van der Waals surface area contributed by atoms with Crippen LogP contribution in [-0.4, -0.2) is 20.9 Å². The van der Waals surface area contributed by atoms with Crippen LogP contribution in [0.1, 0.15) is 20.8 Å². The second-order valence-corrected chi connectivity index (χ2v) is 7.70. The average Bonchev–Trinajstić information content (AvgIpc) is 3.10. The summed E-state index contributed by atoms with van der Waals surface area (Å²) in [5.41, 5.74) is 4.62. The lowest BCUT2D eigenvalue weighted by molar-refractivity contribution is -0.106. The second-order valence-electron chi connectivity index (χ2n) is 7.70. The molecule has 1 amide bonds. The summed E-state index contributed by atoms with van der Waals surface area (Å²) in [6, 6.07) is 17.6. The van der Waals surface area contributed by atoms with Gasteiger partial charge in [0.05, 0.1) is 0 Å². The number of hydrogen-bond donors (Lipinski definition) is 0. The van der Waals surface area contributed by atoms with Crippen LogP contribution in [0.15, 0.2) is 73.3 Å². The fraction of sp³-hybridized carbons (Fsp3) is 0.174. The van der Waals surface area contributed by atoms with E-state index >= 15 is 0 Å². The van der Waals surface area contributed by atoms with E-state index < -0.39 is 0 Å². The first-order valence-electron chi connectivity index (χ1n) is 9.20. The highest BCUT2D eigenvalue weighted by molar-refractivity contribution is 5.94. The topological polar surface area (TPSA) is 51.0 Å². The van der Waals surface area contributed by atoms with Gasteiger partial charge in [-0.2, -0.15) is 0 Å². The first-order chi connectivity index (χ1) is 13.5. The molecule has 0 spiro atoms. The van der Waals surface area contributed by atoms with Crippen molar-refractivity contribution < 1.29 is 4.79 Å². The second kappa shape index (κ2) is 6.93. The molecule has 0 aliphatic rings. The molecule has 0 N–H and O–H groups in total. The smallest absolute Gasteiger partial charge is 0.218 e. The molecular weight excluding hydrogens is 348 g/mol. The van der Waals surface area contributed by atoms with Crippen LogP contribution < -0.4 is 4.90 Å². The van der Waals surface area contributed by atoms with E-state index in [4.69, 9.17) is 0 Å². The number of rotatable bonds is 4. The highest BCUT2D eigenvalue weighted by Gasteiger charge is 2.20. The molecule has 5 heteroatoms. The molecule has 0 atom stereocenters. The number of anilines is 2. The van der Waals surface area contributed by atoms with E-state index in [-0.39, 0.29) is 5.54 Å². The maximum atomic E-state index is 11.7. The number of nitrogens with zero attached hydrogens (tertiary/aromatic N) is 4. The van der Waals surface area contributed by atoms with Gasteiger partial charge in [-0.15, -0.1) is 0 Å². The molecule has 140 valence electrons. The zero-order chi connectivity index (χ0) is 19.7. The molecule has 28 heavy (non-hydrogen) atoms. The minimum Gasteiger partial charge on any atom is -0.326 e. The van der Waals surface area contributed by atoms with E-state index in [9.17, 15) is 4.79 Å². The van der Waals surface area contributed by atoms with E-state index in [2.05, 4.69) is 41.5 Å². The van der Waals surface area contributed by atoms with Gasteiger partial charge in [-0.3, -0.25) is 9.69 Å². The third-order valence-corrected chi connectivity index (χ3v) is 4.79. The van der Waals surface area contributed by atoms with Crippen LogP contribution in [0.25, 0.3) is 22.2 Å². The fourth-order valence-corrected chi connectivity index (χ4v) is 3.37. The van der Waals surface area contributed by atoms with Gasteiger partial charge in [-0.05, 0) is 50.6 Å². The first-order valence-corrected chi connectivity index (χ1v) is 9.20. The molecule has 0 aliphatic carbocycles. The molecule has 2 aromatic carbocycles. The maximum absolute atomic E-state index is 11.7. The van der Waals surface area contributed by atoms with E-state index in [1.165, 1.54) is 0 Å². The van der Waals surface area contributed by atoms with Crippen molar-refractivity contribution in [3.8, 4) is 11.1 Å². The Morgan fingerprint density at radius 1 is 0.964 bits per heavy atom. The largest absolute Gasteiger partial charge is 0.326 e. The third-order valence-electron chi connectivity index (χ3n) is 4.79. The summed E-state index contributed by atoms with van der Waals surface area (Å²) in [6.07, 6.45) is 6.40. The SMILES string of the molecule is CC(C)(C)n1cc(-c2ccc(N(C=O)c3ccccc3)cc2)c2cncnc21. The number of benzene rings is 2. The number of hydrogen-bond acceptors (Lipinski definition) is 3. The summed E-state index contributed by atoms with van der Waals surface area (Å²) in [5, 5.41) is 1.01. The van der Waals surface area contributed by atoms with Crippen LogP contribution >= 0.6 is 0 Å². The predicted octanol–water partition coefficient (Wildman–Crippen LogP) is 5.15. The monoisotopic (exact) mass is 370 g/mol. The number of fused-ring (bicyclic) bond motifs is 1. The summed E-state index contributed by atoms with van der Waals surface area (Å²) >= 11 is 0. The van der Waals surface area contributed by atoms with Gasteiger partial charge >= 0.3 is 0 Å². The molecule has 2 aromatic heterocycles. The summed E-state index contributed by atoms with van der Waals surface area (Å²) in [4.78, 5) is 22.0. The quantitative estimate of drug-likeness (QED) is 0.467. The van der Waals surface area contributed by atoms with Gasteiger partial charge in [0.2, 0.25) is 6.41 Å². The molecule has 0 radical (unpaired) electrons. The highest BCUT2D eigenvalue weighted by Crippen LogP contribution is 2.34. The fourth-order valence-electron chi connectivity index (χ4n) is 3.37. The van der Waals surface area contributed by atoms with Crippen molar-refractivity contribution in [3.05, 3.63) is 73.3 Å². The van der Waals surface area contributed by atoms with Crippen LogP contribution in [0.3, 0.4) is 0 Å². The Morgan fingerprint density at radius 3 is 2.29 bits per heavy atom. The molecule has 0 bridgehead atoms. The Kier molecular flexibility index (Phi) is 4.43. The Hall–Kier alpha value is -3.47. The molecule has 0 unspecified atom stereocenters. The zero-order valence-corrected chi connectivity index (χ0v) is 16.2. The van der Waals surface area contributed by atoms with Crippen molar-refractivity contribution in [3.63, 3.8) is 0 Å². The number of para-hydroxylation sites is 1. The van der Waals surface area contributed by atoms with Crippen molar-refractivity contribution in [2.24, 2.45) is 0 Å². The van der Waals surface area contributed by atoms with Crippen LogP contribution in [0.5, 0.6) is 0 Å². The number of carbonyl (C=O) groups excluding carboxylic acids is 1. The summed E-state index contributed by atoms with van der Waals surface area (Å²) in [5.74, 6) is 0. The van der Waals surface area contributed by atoms with Crippen molar-refractivity contribution >= 4 is 28.8 Å². The van der Waals surface area contributed by atoms with Crippen molar-refractivity contribution in [2.45, 2.75) is 26.3 Å². The lowest BCUT2D eigenvalue weighted by Crippen LogP contribution is -2.20. The van der Waals surface area contributed by atoms with E-state index in [1.807, 2.05) is 60.8 Å². The lowest BCUT2D eigenvalue weighted by atomic mass is 10.1. The minimum absolute atomic E-state index is 0.0909. The summed E-state index contributed by atoms with van der Waals surface area (Å²) in [7, 11) is 0. The summed E-state index contributed by atoms with van der Waals surface area (Å²) in [6.45, 7) is 6.47. The number of carbonyl (C=O) groups is 1. The van der Waals surface area contributed by atoms with Gasteiger partial charge in [0.1, 0.15) is 12.0 Å². The van der Waals surface area contributed by atoms with E-state index in [1.54, 1.807) is 11.2 Å². The van der Waals surface area contributed by atoms with Gasteiger partial charge in [0, 0.05) is 40.3 Å². The first kappa shape index (κ1) is 17.9. The molecule has 0 saturated heterocycles. The lowest BCUT2D eigenvalue weighted by Gasteiger charge is -2.21. The molecule has 0 fully saturated rings. The Morgan fingerprint density at radius 2 is 1.64 bits per heavy atom. The molecule has 4 rings (SSSR count). The van der Waals surface area contributed by atoms with Crippen LogP contribution in [0.2, 0.25) is 0 Å². The van der Waals surface area contributed by atoms with Gasteiger partial charge in [-0.25, -0.2) is 9.97 Å². The minimum atomic E-state index is -0.0909. The molecule has 5 nitrogen and oxygen atoms in total. The summed E-state index contributed by atoms with van der Waals surface area (Å²) < 4.78 is 2.18. The molecule has 2 heterocycles. The van der Waals surface area contributed by atoms with E-state index in [0.717, 1.165) is 39.9 Å². The van der Waals surface area contributed by atoms with Crippen molar-refractivity contribution in [2.75, 3.05) is 4.90 Å². The van der Waals surface area contributed by atoms with Gasteiger partial charge in [-0.1, -0.05) is 30.3 Å². The maximum Gasteiger partial charge on any atom is 0.218 e. The van der Waals surface area contributed by atoms with Crippen LogP contribution in [0.4, 0.5) is 11.4 Å². The van der Waals surface area contributed by atoms with Crippen molar-refractivity contribution in [1.82, 2.24) is 14.5 Å². The average molecular weight is 370 g/mol. The van der Waals surface area contributed by atoms with Crippen molar-refractivity contribution in [1.29, 1.82) is 0 Å². The van der Waals surface area contributed by atoms with Crippen LogP contribution in [-0.2, 0) is 10.3 Å². The number of amides is 1. The molecule has 4 aromatic rings. The van der Waals surface area contributed by atoms with Gasteiger partial charge in [0.15, 0.2) is 0 Å².